The summed E-state index contributed by atoms with van der Waals surface area (Å²) in [6.07, 6.45) is 0. The van der Waals surface area contributed by atoms with Gasteiger partial charge in [-0.25, -0.2) is 0 Å². The van der Waals surface area contributed by atoms with E-state index in [1.165, 1.54) is 0 Å². The molecule has 2 rings (SSSR count). The Morgan fingerprint density at radius 1 is 1.46 bits per heavy atom. The van der Waals surface area contributed by atoms with Crippen LogP contribution in [0.2, 0.25) is 0 Å². The van der Waals surface area contributed by atoms with E-state index in [0.29, 0.717) is 6.54 Å². The molecule has 13 heavy (non-hydrogen) atoms. The molecule has 4 heteroatoms. The van der Waals surface area contributed by atoms with Crippen molar-refractivity contribution in [2.75, 3.05) is 0 Å². The second kappa shape index (κ2) is 3.05. The van der Waals surface area contributed by atoms with Crippen molar-refractivity contribution < 1.29 is 5.11 Å². The van der Waals surface area contributed by atoms with Crippen LogP contribution in [0.3, 0.4) is 0 Å². The summed E-state index contributed by atoms with van der Waals surface area (Å²) in [7, 11) is 0. The minimum absolute atomic E-state index is 0.254. The normalized spacial score (nSPS) is 10.9. The first-order valence-electron chi connectivity index (χ1n) is 3.91. The fourth-order valence-corrected chi connectivity index (χ4v) is 1.95. The number of phenols is 1. The maximum absolute atomic E-state index is 9.24. The highest BCUT2D eigenvalue weighted by Gasteiger charge is 2.07. The van der Waals surface area contributed by atoms with Gasteiger partial charge in [0.05, 0.1) is 5.52 Å². The van der Waals surface area contributed by atoms with Crippen molar-refractivity contribution in [3.63, 3.8) is 0 Å². The van der Waals surface area contributed by atoms with Gasteiger partial charge in [0.15, 0.2) is 0 Å². The van der Waals surface area contributed by atoms with Crippen LogP contribution in [0.4, 0.5) is 0 Å². The van der Waals surface area contributed by atoms with E-state index in [-0.39, 0.29) is 5.75 Å². The number of benzene rings is 1. The number of aromatic nitrogens is 1. The second-order valence-electron chi connectivity index (χ2n) is 2.85. The number of nitrogens with one attached hydrogen (secondary N) is 1. The van der Waals surface area contributed by atoms with Crippen LogP contribution >= 0.6 is 15.9 Å². The monoisotopic (exact) mass is 240 g/mol. The van der Waals surface area contributed by atoms with Gasteiger partial charge >= 0.3 is 0 Å². The average Bonchev–Trinajstić information content (AvgIpc) is 2.42. The molecule has 1 aromatic carbocycles. The van der Waals surface area contributed by atoms with Crippen molar-refractivity contribution in [3.05, 3.63) is 28.4 Å². The molecule has 0 fully saturated rings. The molecule has 0 amide bonds. The van der Waals surface area contributed by atoms with Gasteiger partial charge in [-0.1, -0.05) is 0 Å². The number of aromatic hydroxyl groups is 1. The van der Waals surface area contributed by atoms with Crippen LogP contribution in [0.15, 0.2) is 22.7 Å². The third-order valence-electron chi connectivity index (χ3n) is 1.99. The number of phenolic OH excluding ortho intramolecular Hbond substituents is 1. The molecule has 0 saturated heterocycles. The molecular weight excluding hydrogens is 232 g/mol. The van der Waals surface area contributed by atoms with Crippen molar-refractivity contribution in [3.8, 4) is 5.75 Å². The SMILES string of the molecule is NCc1[nH]c2cc(O)ccc2c1Br. The number of nitrogens with two attached hydrogens (primary N) is 1. The zero-order valence-electron chi connectivity index (χ0n) is 6.84. The highest BCUT2D eigenvalue weighted by atomic mass is 79.9. The number of fused-ring (bicyclic) bond motifs is 1. The highest BCUT2D eigenvalue weighted by Crippen LogP contribution is 2.29. The molecule has 0 unspecified atom stereocenters. The Labute approximate surface area is 83.7 Å². The fourth-order valence-electron chi connectivity index (χ4n) is 1.35. The lowest BCUT2D eigenvalue weighted by atomic mass is 10.2. The molecule has 0 atom stereocenters. The third kappa shape index (κ3) is 1.32. The topological polar surface area (TPSA) is 62.0 Å². The summed E-state index contributed by atoms with van der Waals surface area (Å²) in [6, 6.07) is 5.19. The Hall–Kier alpha value is -1.000. The molecule has 0 aliphatic rings. The second-order valence-corrected chi connectivity index (χ2v) is 3.64. The van der Waals surface area contributed by atoms with E-state index >= 15 is 0 Å². The summed E-state index contributed by atoms with van der Waals surface area (Å²) in [5.74, 6) is 0.254. The van der Waals surface area contributed by atoms with Crippen LogP contribution in [-0.2, 0) is 6.54 Å². The molecule has 0 aliphatic carbocycles. The fraction of sp³-hybridized carbons (Fsp3) is 0.111. The van der Waals surface area contributed by atoms with E-state index in [2.05, 4.69) is 20.9 Å². The summed E-state index contributed by atoms with van der Waals surface area (Å²) in [5.41, 5.74) is 7.37. The smallest absolute Gasteiger partial charge is 0.117 e. The lowest BCUT2D eigenvalue weighted by molar-refractivity contribution is 0.476. The first kappa shape index (κ1) is 8.59. The van der Waals surface area contributed by atoms with Crippen LogP contribution < -0.4 is 5.73 Å². The van der Waals surface area contributed by atoms with E-state index in [1.807, 2.05) is 6.07 Å². The average molecular weight is 241 g/mol. The summed E-state index contributed by atoms with van der Waals surface area (Å²) in [6.45, 7) is 0.454. The minimum Gasteiger partial charge on any atom is -0.508 e. The van der Waals surface area contributed by atoms with E-state index < -0.39 is 0 Å². The van der Waals surface area contributed by atoms with E-state index in [1.54, 1.807) is 12.1 Å². The summed E-state index contributed by atoms with van der Waals surface area (Å²) in [4.78, 5) is 3.12. The van der Waals surface area contributed by atoms with Gasteiger partial charge in [-0.3, -0.25) is 0 Å². The third-order valence-corrected chi connectivity index (χ3v) is 2.90. The van der Waals surface area contributed by atoms with Crippen LogP contribution in [-0.4, -0.2) is 10.1 Å². The molecule has 3 nitrogen and oxygen atoms in total. The predicted octanol–water partition coefficient (Wildman–Crippen LogP) is 2.09. The van der Waals surface area contributed by atoms with Crippen molar-refractivity contribution in [2.24, 2.45) is 5.73 Å². The molecule has 0 spiro atoms. The van der Waals surface area contributed by atoms with Gasteiger partial charge in [0.1, 0.15) is 5.75 Å². The minimum atomic E-state index is 0.254. The molecular formula is C9H9BrN2O. The number of rotatable bonds is 1. The molecule has 4 N–H and O–H groups in total. The van der Waals surface area contributed by atoms with Crippen LogP contribution in [0, 0.1) is 0 Å². The van der Waals surface area contributed by atoms with Gasteiger partial charge in [-0.15, -0.1) is 0 Å². The molecule has 1 aromatic heterocycles. The van der Waals surface area contributed by atoms with Crippen LogP contribution in [0.5, 0.6) is 5.75 Å². The van der Waals surface area contributed by atoms with Gasteiger partial charge in [0.2, 0.25) is 0 Å². The lowest BCUT2D eigenvalue weighted by Crippen LogP contribution is -1.96. The zero-order valence-corrected chi connectivity index (χ0v) is 8.43. The van der Waals surface area contributed by atoms with Gasteiger partial charge in [0, 0.05) is 28.2 Å². The molecule has 0 aliphatic heterocycles. The largest absolute Gasteiger partial charge is 0.508 e. The van der Waals surface area contributed by atoms with Crippen LogP contribution in [0.25, 0.3) is 10.9 Å². The van der Waals surface area contributed by atoms with E-state index in [0.717, 1.165) is 21.1 Å². The summed E-state index contributed by atoms with van der Waals surface area (Å²) in [5, 5.41) is 10.3. The molecule has 1 heterocycles. The van der Waals surface area contributed by atoms with Gasteiger partial charge in [0.25, 0.3) is 0 Å². The number of halogens is 1. The number of hydrogen-bond acceptors (Lipinski definition) is 2. The first-order valence-corrected chi connectivity index (χ1v) is 4.71. The first-order chi connectivity index (χ1) is 6.22. The highest BCUT2D eigenvalue weighted by molar-refractivity contribution is 9.10. The van der Waals surface area contributed by atoms with E-state index in [4.69, 9.17) is 5.73 Å². The van der Waals surface area contributed by atoms with Crippen LogP contribution in [0.1, 0.15) is 5.69 Å². The van der Waals surface area contributed by atoms with Crippen molar-refractivity contribution in [1.82, 2.24) is 4.98 Å². The lowest BCUT2D eigenvalue weighted by Gasteiger charge is -1.91. The number of hydrogen-bond donors (Lipinski definition) is 3. The maximum Gasteiger partial charge on any atom is 0.117 e. The summed E-state index contributed by atoms with van der Waals surface area (Å²) >= 11 is 3.44. The van der Waals surface area contributed by atoms with E-state index in [9.17, 15) is 5.11 Å². The van der Waals surface area contributed by atoms with Gasteiger partial charge in [-0.2, -0.15) is 0 Å². The zero-order chi connectivity index (χ0) is 9.42. The quantitative estimate of drug-likeness (QED) is 0.715. The Kier molecular flexibility index (Phi) is 2.01. The Bertz CT molecular complexity index is 450. The number of aromatic amines is 1. The van der Waals surface area contributed by atoms with Crippen molar-refractivity contribution >= 4 is 26.8 Å². The van der Waals surface area contributed by atoms with Gasteiger partial charge < -0.3 is 15.8 Å². The van der Waals surface area contributed by atoms with Crippen molar-refractivity contribution in [2.45, 2.75) is 6.54 Å². The maximum atomic E-state index is 9.24. The van der Waals surface area contributed by atoms with Crippen molar-refractivity contribution in [1.29, 1.82) is 0 Å². The Morgan fingerprint density at radius 3 is 2.92 bits per heavy atom. The molecule has 68 valence electrons. The molecule has 0 saturated carbocycles. The van der Waals surface area contributed by atoms with Gasteiger partial charge in [-0.05, 0) is 28.1 Å². The molecule has 2 aromatic rings. The number of H-pyrrole nitrogens is 1. The molecule has 0 bridgehead atoms. The molecule has 0 radical (unpaired) electrons. The Morgan fingerprint density at radius 2 is 2.23 bits per heavy atom. The summed E-state index contributed by atoms with van der Waals surface area (Å²) < 4.78 is 0.977. The predicted molar refractivity (Wildman–Crippen MR) is 55.6 cm³/mol. The standard InChI is InChI=1S/C9H9BrN2O/c10-9-6-2-1-5(13)3-7(6)12-8(9)4-11/h1-3,12-13H,4,11H2. The Balaban J connectivity index is 2.76.